The van der Waals surface area contributed by atoms with Gasteiger partial charge in [-0.05, 0) is 19.4 Å². The Hall–Kier alpha value is -1.39. The quantitative estimate of drug-likeness (QED) is 0.852. The van der Waals surface area contributed by atoms with Crippen LogP contribution >= 0.6 is 0 Å². The van der Waals surface area contributed by atoms with Crippen LogP contribution in [0.2, 0.25) is 0 Å². The van der Waals surface area contributed by atoms with Crippen molar-refractivity contribution >= 4 is 5.91 Å². The van der Waals surface area contributed by atoms with E-state index in [2.05, 4.69) is 46.7 Å². The van der Waals surface area contributed by atoms with E-state index in [9.17, 15) is 4.79 Å². The first-order valence-corrected chi connectivity index (χ1v) is 6.94. The van der Waals surface area contributed by atoms with E-state index in [1.165, 1.54) is 5.56 Å². The second-order valence-electron chi connectivity index (χ2n) is 5.23. The molecule has 1 aliphatic heterocycles. The third-order valence-electron chi connectivity index (χ3n) is 3.53. The van der Waals surface area contributed by atoms with Gasteiger partial charge in [-0.25, -0.2) is 0 Å². The summed E-state index contributed by atoms with van der Waals surface area (Å²) < 4.78 is 0. The summed E-state index contributed by atoms with van der Waals surface area (Å²) in [5.74, 6) is 0.106. The Bertz CT molecular complexity index is 410. The number of amides is 1. The highest BCUT2D eigenvalue weighted by atomic mass is 16.2. The van der Waals surface area contributed by atoms with Crippen molar-refractivity contribution in [2.45, 2.75) is 19.9 Å². The van der Waals surface area contributed by atoms with Crippen LogP contribution in [-0.4, -0.2) is 43.5 Å². The van der Waals surface area contributed by atoms with E-state index in [-0.39, 0.29) is 11.9 Å². The first-order chi connectivity index (χ1) is 9.15. The lowest BCUT2D eigenvalue weighted by Crippen LogP contribution is -2.47. The van der Waals surface area contributed by atoms with Crippen LogP contribution in [-0.2, 0) is 4.79 Å². The van der Waals surface area contributed by atoms with Gasteiger partial charge in [-0.1, -0.05) is 29.8 Å². The number of nitrogens with one attached hydrogen (secondary N) is 2. The Morgan fingerprint density at radius 2 is 1.95 bits per heavy atom. The Morgan fingerprint density at radius 1 is 1.32 bits per heavy atom. The van der Waals surface area contributed by atoms with Crippen LogP contribution in [0.1, 0.15) is 24.1 Å². The highest BCUT2D eigenvalue weighted by Gasteiger charge is 2.15. The summed E-state index contributed by atoms with van der Waals surface area (Å²) in [6.07, 6.45) is 0. The monoisotopic (exact) mass is 261 g/mol. The first-order valence-electron chi connectivity index (χ1n) is 6.94. The summed E-state index contributed by atoms with van der Waals surface area (Å²) in [5.41, 5.74) is 2.39. The van der Waals surface area contributed by atoms with Crippen molar-refractivity contribution in [2.24, 2.45) is 0 Å². The molecule has 1 atom stereocenters. The molecule has 0 radical (unpaired) electrons. The summed E-state index contributed by atoms with van der Waals surface area (Å²) in [4.78, 5) is 14.2. The maximum atomic E-state index is 12.0. The minimum atomic E-state index is 0.0658. The summed E-state index contributed by atoms with van der Waals surface area (Å²) in [6.45, 7) is 8.44. The van der Waals surface area contributed by atoms with Crippen molar-refractivity contribution in [3.63, 3.8) is 0 Å². The molecule has 2 rings (SSSR count). The summed E-state index contributed by atoms with van der Waals surface area (Å²) in [7, 11) is 0. The molecule has 1 amide bonds. The molecule has 0 bridgehead atoms. The van der Waals surface area contributed by atoms with Crippen LogP contribution < -0.4 is 10.6 Å². The average molecular weight is 261 g/mol. The van der Waals surface area contributed by atoms with Gasteiger partial charge in [0.15, 0.2) is 0 Å². The van der Waals surface area contributed by atoms with Crippen molar-refractivity contribution in [1.29, 1.82) is 0 Å². The molecule has 1 saturated heterocycles. The Morgan fingerprint density at radius 3 is 2.58 bits per heavy atom. The number of carbonyl (C=O) groups is 1. The normalized spacial score (nSPS) is 18.0. The van der Waals surface area contributed by atoms with Gasteiger partial charge in [0.1, 0.15) is 0 Å². The Balaban J connectivity index is 1.82. The predicted octanol–water partition coefficient (Wildman–Crippen LogP) is 1.08. The van der Waals surface area contributed by atoms with Crippen molar-refractivity contribution in [3.8, 4) is 0 Å². The molecular weight excluding hydrogens is 238 g/mol. The molecule has 104 valence electrons. The Kier molecular flexibility index (Phi) is 4.93. The lowest BCUT2D eigenvalue weighted by Gasteiger charge is -2.27. The van der Waals surface area contributed by atoms with Crippen LogP contribution in [0, 0.1) is 6.92 Å². The van der Waals surface area contributed by atoms with Gasteiger partial charge in [0.05, 0.1) is 12.6 Å². The molecule has 1 aliphatic rings. The number of hydrogen-bond donors (Lipinski definition) is 2. The van der Waals surface area contributed by atoms with E-state index >= 15 is 0 Å². The van der Waals surface area contributed by atoms with Crippen LogP contribution in [0.5, 0.6) is 0 Å². The van der Waals surface area contributed by atoms with Gasteiger partial charge < -0.3 is 10.6 Å². The molecule has 1 heterocycles. The molecule has 4 nitrogen and oxygen atoms in total. The summed E-state index contributed by atoms with van der Waals surface area (Å²) in [5, 5.41) is 6.35. The minimum Gasteiger partial charge on any atom is -0.348 e. The van der Waals surface area contributed by atoms with Gasteiger partial charge in [-0.15, -0.1) is 0 Å². The molecule has 19 heavy (non-hydrogen) atoms. The fourth-order valence-electron chi connectivity index (χ4n) is 2.30. The standard InChI is InChI=1S/C15H23N3O/c1-12-3-5-14(6-4-12)13(2)17-15(19)11-18-9-7-16-8-10-18/h3-6,13,16H,7-11H2,1-2H3,(H,17,19)/t13-/m1/s1. The number of piperazine rings is 1. The van der Waals surface area contributed by atoms with Crippen molar-refractivity contribution < 1.29 is 4.79 Å². The smallest absolute Gasteiger partial charge is 0.234 e. The molecule has 0 aliphatic carbocycles. The second kappa shape index (κ2) is 6.68. The largest absolute Gasteiger partial charge is 0.348 e. The number of hydrogen-bond acceptors (Lipinski definition) is 3. The predicted molar refractivity (Wildman–Crippen MR) is 77.0 cm³/mol. The van der Waals surface area contributed by atoms with Gasteiger partial charge in [0.2, 0.25) is 5.91 Å². The van der Waals surface area contributed by atoms with E-state index in [0.717, 1.165) is 31.7 Å². The number of benzene rings is 1. The molecule has 1 aromatic rings. The van der Waals surface area contributed by atoms with Gasteiger partial charge in [0, 0.05) is 26.2 Å². The number of rotatable bonds is 4. The van der Waals surface area contributed by atoms with Crippen molar-refractivity contribution in [3.05, 3.63) is 35.4 Å². The van der Waals surface area contributed by atoms with Crippen LogP contribution in [0.15, 0.2) is 24.3 Å². The molecule has 0 aromatic heterocycles. The average Bonchev–Trinajstić information content (AvgIpc) is 2.40. The van der Waals surface area contributed by atoms with Crippen molar-refractivity contribution in [2.75, 3.05) is 32.7 Å². The maximum Gasteiger partial charge on any atom is 0.234 e. The lowest BCUT2D eigenvalue weighted by molar-refractivity contribution is -0.123. The molecule has 1 aromatic carbocycles. The highest BCUT2D eigenvalue weighted by Crippen LogP contribution is 2.12. The van der Waals surface area contributed by atoms with Crippen molar-refractivity contribution in [1.82, 2.24) is 15.5 Å². The topological polar surface area (TPSA) is 44.4 Å². The van der Waals surface area contributed by atoms with Gasteiger partial charge in [0.25, 0.3) is 0 Å². The molecule has 0 unspecified atom stereocenters. The zero-order chi connectivity index (χ0) is 13.7. The van der Waals surface area contributed by atoms with E-state index < -0.39 is 0 Å². The molecule has 0 spiro atoms. The Labute approximate surface area is 115 Å². The highest BCUT2D eigenvalue weighted by molar-refractivity contribution is 5.78. The zero-order valence-electron chi connectivity index (χ0n) is 11.8. The second-order valence-corrected chi connectivity index (χ2v) is 5.23. The third kappa shape index (κ3) is 4.33. The molecule has 1 fully saturated rings. The van der Waals surface area contributed by atoms with Gasteiger partial charge in [-0.3, -0.25) is 9.69 Å². The van der Waals surface area contributed by atoms with Crippen LogP contribution in [0.4, 0.5) is 0 Å². The molecular formula is C15H23N3O. The fourth-order valence-corrected chi connectivity index (χ4v) is 2.30. The number of carbonyl (C=O) groups excluding carboxylic acids is 1. The van der Waals surface area contributed by atoms with E-state index in [4.69, 9.17) is 0 Å². The SMILES string of the molecule is Cc1ccc([C@@H](C)NC(=O)CN2CCNCC2)cc1. The third-order valence-corrected chi connectivity index (χ3v) is 3.53. The van der Waals surface area contributed by atoms with E-state index in [0.29, 0.717) is 6.54 Å². The fraction of sp³-hybridized carbons (Fsp3) is 0.533. The van der Waals surface area contributed by atoms with Gasteiger partial charge >= 0.3 is 0 Å². The zero-order valence-corrected chi connectivity index (χ0v) is 11.8. The van der Waals surface area contributed by atoms with Gasteiger partial charge in [-0.2, -0.15) is 0 Å². The number of aryl methyl sites for hydroxylation is 1. The lowest BCUT2D eigenvalue weighted by atomic mass is 10.1. The summed E-state index contributed by atoms with van der Waals surface area (Å²) >= 11 is 0. The van der Waals surface area contributed by atoms with E-state index in [1.54, 1.807) is 0 Å². The minimum absolute atomic E-state index is 0.0658. The molecule has 4 heteroatoms. The van der Waals surface area contributed by atoms with Crippen LogP contribution in [0.25, 0.3) is 0 Å². The molecule has 2 N–H and O–H groups in total. The number of nitrogens with zero attached hydrogens (tertiary/aromatic N) is 1. The maximum absolute atomic E-state index is 12.0. The molecule has 0 saturated carbocycles. The summed E-state index contributed by atoms with van der Waals surface area (Å²) in [6, 6.07) is 8.37. The van der Waals surface area contributed by atoms with E-state index in [1.807, 2.05) is 6.92 Å². The first kappa shape index (κ1) is 14.0. The van der Waals surface area contributed by atoms with Crippen LogP contribution in [0.3, 0.4) is 0 Å².